The first-order chi connectivity index (χ1) is 13.0. The van der Waals surface area contributed by atoms with Gasteiger partial charge in [-0.1, -0.05) is 16.5 Å². The van der Waals surface area contributed by atoms with Crippen LogP contribution in [0.4, 0.5) is 4.79 Å². The molecule has 2 N–H and O–H groups in total. The molecule has 2 aromatic rings. The largest absolute Gasteiger partial charge is 0.494 e. The summed E-state index contributed by atoms with van der Waals surface area (Å²) >= 11 is 4.79. The van der Waals surface area contributed by atoms with Crippen molar-refractivity contribution in [3.63, 3.8) is 0 Å². The number of urea groups is 1. The third kappa shape index (κ3) is 7.06. The summed E-state index contributed by atoms with van der Waals surface area (Å²) in [7, 11) is 1.55. The number of hydrogen-bond acceptors (Lipinski definition) is 7. The van der Waals surface area contributed by atoms with Gasteiger partial charge in [-0.05, 0) is 48.0 Å². The van der Waals surface area contributed by atoms with E-state index in [1.807, 2.05) is 32.0 Å². The quantitative estimate of drug-likeness (QED) is 0.442. The molecule has 0 fully saturated rings. The molecule has 1 aromatic carbocycles. The summed E-state index contributed by atoms with van der Waals surface area (Å²) in [5.41, 5.74) is 0. The molecule has 0 bridgehead atoms. The van der Waals surface area contributed by atoms with Gasteiger partial charge >= 0.3 is 6.03 Å². The van der Waals surface area contributed by atoms with Gasteiger partial charge in [0.1, 0.15) is 18.1 Å². The predicted molar refractivity (Wildman–Crippen MR) is 108 cm³/mol. The second-order valence-electron chi connectivity index (χ2n) is 5.31. The summed E-state index contributed by atoms with van der Waals surface area (Å²) < 4.78 is 12.0. The first kappa shape index (κ1) is 21.0. The number of hydrogen-bond donors (Lipinski definition) is 2. The molecule has 0 unspecified atom stereocenters. The zero-order valence-electron chi connectivity index (χ0n) is 15.2. The molecule has 146 valence electrons. The number of oxime groups is 1. The Hall–Kier alpha value is -2.33. The maximum absolute atomic E-state index is 11.2. The van der Waals surface area contributed by atoms with Crippen molar-refractivity contribution in [3.05, 3.63) is 33.7 Å². The van der Waals surface area contributed by atoms with Gasteiger partial charge < -0.3 is 24.9 Å². The number of amides is 2. The Labute approximate surface area is 170 Å². The van der Waals surface area contributed by atoms with E-state index in [1.54, 1.807) is 19.5 Å². The molecule has 2 amide bonds. The second kappa shape index (κ2) is 10.7. The van der Waals surface area contributed by atoms with E-state index < -0.39 is 0 Å². The maximum Gasteiger partial charge on any atom is 0.314 e. The average molecular weight is 457 g/mol. The molecule has 0 aliphatic heterocycles. The van der Waals surface area contributed by atoms with Gasteiger partial charge in [-0.3, -0.25) is 0 Å². The lowest BCUT2D eigenvalue weighted by atomic mass is 10.3. The van der Waals surface area contributed by atoms with E-state index in [0.29, 0.717) is 17.6 Å². The van der Waals surface area contributed by atoms with E-state index in [2.05, 4.69) is 36.7 Å². The summed E-state index contributed by atoms with van der Waals surface area (Å²) in [6, 6.07) is 5.06. The molecule has 1 atom stereocenters. The summed E-state index contributed by atoms with van der Waals surface area (Å²) in [5.74, 6) is 1.41. The fraction of sp³-hybridized carbons (Fsp3) is 0.353. The van der Waals surface area contributed by atoms with Crippen LogP contribution in [0.25, 0.3) is 0 Å². The van der Waals surface area contributed by atoms with Gasteiger partial charge in [-0.25, -0.2) is 9.78 Å². The monoisotopic (exact) mass is 456 g/mol. The van der Waals surface area contributed by atoms with Crippen molar-refractivity contribution in [2.75, 3.05) is 20.3 Å². The number of nitrogens with one attached hydrogen (secondary N) is 2. The highest BCUT2D eigenvalue weighted by atomic mass is 79.9. The Kier molecular flexibility index (Phi) is 8.34. The maximum atomic E-state index is 11.2. The minimum absolute atomic E-state index is 0.167. The normalized spacial score (nSPS) is 11.9. The molecule has 10 heteroatoms. The third-order valence-electron chi connectivity index (χ3n) is 3.10. The molecule has 2 rings (SSSR count). The van der Waals surface area contributed by atoms with Gasteiger partial charge in [0.2, 0.25) is 0 Å². The molecule has 0 saturated heterocycles. The van der Waals surface area contributed by atoms with E-state index in [0.717, 1.165) is 15.1 Å². The molecular weight excluding hydrogens is 436 g/mol. The number of carbonyl (C=O) groups is 1. The first-order valence-corrected chi connectivity index (χ1v) is 9.82. The topological polar surface area (TPSA) is 94.1 Å². The van der Waals surface area contributed by atoms with E-state index in [1.165, 1.54) is 11.3 Å². The van der Waals surface area contributed by atoms with Crippen LogP contribution < -0.4 is 20.1 Å². The van der Waals surface area contributed by atoms with Gasteiger partial charge in [0.05, 0.1) is 34.4 Å². The molecule has 8 nitrogen and oxygen atoms in total. The van der Waals surface area contributed by atoms with Crippen molar-refractivity contribution in [1.29, 1.82) is 0 Å². The SMILES string of the molecule is CCOc1ccc(Oc2ncc(C=NOC[C@H](C)NC(=O)NC)s2)c(Br)c1. The molecule has 27 heavy (non-hydrogen) atoms. The van der Waals surface area contributed by atoms with Crippen LogP contribution in [0, 0.1) is 0 Å². The van der Waals surface area contributed by atoms with Crippen molar-refractivity contribution in [3.8, 4) is 16.7 Å². The highest BCUT2D eigenvalue weighted by molar-refractivity contribution is 9.10. The van der Waals surface area contributed by atoms with Gasteiger partial charge in [-0.15, -0.1) is 0 Å². The fourth-order valence-corrected chi connectivity index (χ4v) is 2.95. The van der Waals surface area contributed by atoms with Crippen LogP contribution in [0.15, 0.2) is 34.0 Å². The van der Waals surface area contributed by atoms with E-state index in [-0.39, 0.29) is 18.7 Å². The molecule has 0 radical (unpaired) electrons. The Morgan fingerprint density at radius 2 is 2.30 bits per heavy atom. The molecule has 1 heterocycles. The smallest absolute Gasteiger partial charge is 0.314 e. The molecular formula is C17H21BrN4O4S. The fourth-order valence-electron chi connectivity index (χ4n) is 1.87. The van der Waals surface area contributed by atoms with Crippen LogP contribution in [-0.4, -0.2) is 43.5 Å². The summed E-state index contributed by atoms with van der Waals surface area (Å²) in [6.45, 7) is 4.60. The Morgan fingerprint density at radius 3 is 3.00 bits per heavy atom. The van der Waals surface area contributed by atoms with Gasteiger partial charge in [-0.2, -0.15) is 0 Å². The zero-order chi connectivity index (χ0) is 19.6. The number of benzene rings is 1. The van der Waals surface area contributed by atoms with E-state index in [4.69, 9.17) is 14.3 Å². The number of halogens is 1. The van der Waals surface area contributed by atoms with Crippen molar-refractivity contribution in [2.24, 2.45) is 5.16 Å². The number of nitrogens with zero attached hydrogens (tertiary/aromatic N) is 2. The van der Waals surface area contributed by atoms with Crippen LogP contribution in [0.1, 0.15) is 18.7 Å². The molecule has 0 aliphatic rings. The Balaban J connectivity index is 1.85. The minimum Gasteiger partial charge on any atom is -0.494 e. The number of thiazole rings is 1. The van der Waals surface area contributed by atoms with E-state index >= 15 is 0 Å². The lowest BCUT2D eigenvalue weighted by molar-refractivity contribution is 0.127. The van der Waals surface area contributed by atoms with Crippen molar-refractivity contribution < 1.29 is 19.1 Å². The first-order valence-electron chi connectivity index (χ1n) is 8.21. The van der Waals surface area contributed by atoms with Crippen LogP contribution >= 0.6 is 27.3 Å². The number of carbonyl (C=O) groups excluding carboxylic acids is 1. The van der Waals surface area contributed by atoms with Gasteiger partial charge in [0, 0.05) is 7.05 Å². The lowest BCUT2D eigenvalue weighted by Gasteiger charge is -2.11. The Bertz CT molecular complexity index is 784. The highest BCUT2D eigenvalue weighted by Crippen LogP contribution is 2.34. The van der Waals surface area contributed by atoms with Gasteiger partial charge in [0.15, 0.2) is 0 Å². The standard InChI is InChI=1S/C17H21BrN4O4S/c1-4-24-12-5-6-15(14(18)7-12)26-17-20-8-13(27-17)9-21-25-10-11(2)22-16(23)19-3/h5-9,11H,4,10H2,1-3H3,(H2,19,22,23)/t11-/m0/s1. The predicted octanol–water partition coefficient (Wildman–Crippen LogP) is 3.76. The van der Waals surface area contributed by atoms with Crippen LogP contribution in [0.5, 0.6) is 16.7 Å². The van der Waals surface area contributed by atoms with Crippen molar-refractivity contribution in [1.82, 2.24) is 15.6 Å². The minimum atomic E-state index is -0.264. The van der Waals surface area contributed by atoms with Gasteiger partial charge in [0.25, 0.3) is 5.19 Å². The molecule has 0 saturated carbocycles. The van der Waals surface area contributed by atoms with E-state index in [9.17, 15) is 4.79 Å². The third-order valence-corrected chi connectivity index (χ3v) is 4.53. The summed E-state index contributed by atoms with van der Waals surface area (Å²) in [6.07, 6.45) is 3.19. The zero-order valence-corrected chi connectivity index (χ0v) is 17.6. The average Bonchev–Trinajstić information content (AvgIpc) is 3.08. The molecule has 0 spiro atoms. The number of rotatable bonds is 9. The number of aromatic nitrogens is 1. The van der Waals surface area contributed by atoms with Crippen LogP contribution in [-0.2, 0) is 4.84 Å². The Morgan fingerprint density at radius 1 is 1.48 bits per heavy atom. The molecule has 0 aliphatic carbocycles. The molecule has 1 aromatic heterocycles. The van der Waals surface area contributed by atoms with Crippen molar-refractivity contribution in [2.45, 2.75) is 19.9 Å². The summed E-state index contributed by atoms with van der Waals surface area (Å²) in [4.78, 5) is 21.3. The second-order valence-corrected chi connectivity index (χ2v) is 7.19. The van der Waals surface area contributed by atoms with Crippen molar-refractivity contribution >= 4 is 39.5 Å². The van der Waals surface area contributed by atoms with Crippen LogP contribution in [0.2, 0.25) is 0 Å². The lowest BCUT2D eigenvalue weighted by Crippen LogP contribution is -2.40. The van der Waals surface area contributed by atoms with Crippen LogP contribution in [0.3, 0.4) is 0 Å². The summed E-state index contributed by atoms with van der Waals surface area (Å²) in [5, 5.41) is 9.52. The number of ether oxygens (including phenoxy) is 2. The highest BCUT2D eigenvalue weighted by Gasteiger charge is 2.08.